The van der Waals surface area contributed by atoms with Gasteiger partial charge >= 0.3 is 0 Å². The van der Waals surface area contributed by atoms with Crippen molar-refractivity contribution in [3.63, 3.8) is 0 Å². The maximum absolute atomic E-state index is 13.0. The zero-order valence-corrected chi connectivity index (χ0v) is 17.0. The molecule has 3 heterocycles. The van der Waals surface area contributed by atoms with Crippen LogP contribution in [0.5, 0.6) is 5.75 Å². The van der Waals surface area contributed by atoms with Crippen molar-refractivity contribution in [2.45, 2.75) is 32.9 Å². The smallest absolute Gasteiger partial charge is 0.297 e. The zero-order valence-electron chi connectivity index (χ0n) is 17.0. The molecule has 0 fully saturated rings. The summed E-state index contributed by atoms with van der Waals surface area (Å²) in [6.07, 6.45) is 2.34. The monoisotopic (exact) mass is 406 g/mol. The summed E-state index contributed by atoms with van der Waals surface area (Å²) in [6.45, 7) is 3.60. The number of carbonyl (C=O) groups excluding carboxylic acids is 1. The van der Waals surface area contributed by atoms with Crippen LogP contribution in [-0.2, 0) is 11.3 Å². The Kier molecular flexibility index (Phi) is 5.18. The van der Waals surface area contributed by atoms with E-state index < -0.39 is 0 Å². The van der Waals surface area contributed by atoms with E-state index in [0.717, 1.165) is 11.3 Å². The zero-order chi connectivity index (χ0) is 21.3. The van der Waals surface area contributed by atoms with E-state index in [0.29, 0.717) is 23.4 Å². The van der Waals surface area contributed by atoms with Gasteiger partial charge in [-0.3, -0.25) is 18.6 Å². The molecule has 0 aliphatic carbocycles. The number of amides is 1. The van der Waals surface area contributed by atoms with E-state index in [4.69, 9.17) is 4.74 Å². The number of aromatic nitrogens is 5. The molecule has 30 heavy (non-hydrogen) atoms. The van der Waals surface area contributed by atoms with Gasteiger partial charge in [0.1, 0.15) is 18.1 Å². The van der Waals surface area contributed by atoms with Gasteiger partial charge in [-0.05, 0) is 43.2 Å². The Hall–Kier alpha value is -3.75. The Morgan fingerprint density at radius 3 is 2.63 bits per heavy atom. The Labute approximate surface area is 172 Å². The molecular weight excluding hydrogens is 384 g/mol. The highest BCUT2D eigenvalue weighted by Crippen LogP contribution is 2.20. The second-order valence-corrected chi connectivity index (χ2v) is 6.95. The number of nitrogens with one attached hydrogen (secondary N) is 1. The molecule has 0 bridgehead atoms. The molecule has 0 spiro atoms. The first-order valence-corrected chi connectivity index (χ1v) is 9.66. The Morgan fingerprint density at radius 1 is 1.17 bits per heavy atom. The van der Waals surface area contributed by atoms with Gasteiger partial charge in [0, 0.05) is 6.20 Å². The molecule has 4 aromatic rings. The number of aryl methyl sites for hydroxylation is 1. The lowest BCUT2D eigenvalue weighted by atomic mass is 10.0. The van der Waals surface area contributed by atoms with Crippen LogP contribution in [0.25, 0.3) is 16.8 Å². The lowest BCUT2D eigenvalue weighted by Crippen LogP contribution is -2.35. The molecule has 0 unspecified atom stereocenters. The van der Waals surface area contributed by atoms with E-state index in [9.17, 15) is 9.59 Å². The average molecular weight is 406 g/mol. The first-order chi connectivity index (χ1) is 14.5. The number of carbonyl (C=O) groups is 1. The van der Waals surface area contributed by atoms with E-state index in [1.165, 1.54) is 4.57 Å². The van der Waals surface area contributed by atoms with Crippen molar-refractivity contribution in [2.75, 3.05) is 7.11 Å². The van der Waals surface area contributed by atoms with Gasteiger partial charge in [-0.25, -0.2) is 4.98 Å². The molecule has 3 aromatic heterocycles. The summed E-state index contributed by atoms with van der Waals surface area (Å²) >= 11 is 0. The fraction of sp³-hybridized carbons (Fsp3) is 0.286. The molecule has 154 valence electrons. The molecule has 1 N–H and O–H groups in total. The fourth-order valence-electron chi connectivity index (χ4n) is 3.55. The van der Waals surface area contributed by atoms with E-state index in [1.54, 1.807) is 36.8 Å². The molecule has 1 atom stereocenters. The first kappa shape index (κ1) is 19.6. The van der Waals surface area contributed by atoms with Crippen molar-refractivity contribution in [3.05, 3.63) is 64.3 Å². The summed E-state index contributed by atoms with van der Waals surface area (Å²) in [5, 5.41) is 11.0. The minimum absolute atomic E-state index is 0.143. The number of hydrogen-bond donors (Lipinski definition) is 1. The first-order valence-electron chi connectivity index (χ1n) is 9.66. The SMILES string of the molecule is CC[C@H](NC(=O)Cn1c(=O)c2nnc(C)n2c2ncccc21)c1ccc(OC)cc1. The average Bonchev–Trinajstić information content (AvgIpc) is 3.17. The number of benzene rings is 1. The second kappa shape index (κ2) is 7.94. The lowest BCUT2D eigenvalue weighted by Gasteiger charge is -2.19. The Morgan fingerprint density at radius 2 is 1.93 bits per heavy atom. The van der Waals surface area contributed by atoms with Crippen molar-refractivity contribution >= 4 is 22.7 Å². The van der Waals surface area contributed by atoms with Crippen molar-refractivity contribution in [1.82, 2.24) is 29.5 Å². The van der Waals surface area contributed by atoms with Crippen LogP contribution < -0.4 is 15.6 Å². The van der Waals surface area contributed by atoms with E-state index >= 15 is 0 Å². The summed E-state index contributed by atoms with van der Waals surface area (Å²) < 4.78 is 8.19. The third-order valence-electron chi connectivity index (χ3n) is 5.09. The molecular formula is C21H22N6O3. The van der Waals surface area contributed by atoms with E-state index in [1.807, 2.05) is 31.2 Å². The molecule has 0 saturated heterocycles. The predicted molar refractivity (Wildman–Crippen MR) is 111 cm³/mol. The number of hydrogen-bond acceptors (Lipinski definition) is 6. The van der Waals surface area contributed by atoms with Gasteiger partial charge in [-0.2, -0.15) is 0 Å². The van der Waals surface area contributed by atoms with Crippen molar-refractivity contribution in [2.24, 2.45) is 0 Å². The van der Waals surface area contributed by atoms with Crippen LogP contribution in [0.2, 0.25) is 0 Å². The van der Waals surface area contributed by atoms with Crippen LogP contribution in [0.3, 0.4) is 0 Å². The molecule has 9 nitrogen and oxygen atoms in total. The number of nitrogens with zero attached hydrogens (tertiary/aromatic N) is 5. The minimum atomic E-state index is -0.385. The number of methoxy groups -OCH3 is 1. The van der Waals surface area contributed by atoms with Gasteiger partial charge < -0.3 is 10.1 Å². The van der Waals surface area contributed by atoms with Gasteiger partial charge in [0.2, 0.25) is 11.6 Å². The van der Waals surface area contributed by atoms with Gasteiger partial charge in [-0.15, -0.1) is 10.2 Å². The van der Waals surface area contributed by atoms with E-state index in [2.05, 4.69) is 20.5 Å². The number of ether oxygens (including phenoxy) is 1. The molecule has 0 aliphatic heterocycles. The highest BCUT2D eigenvalue weighted by Gasteiger charge is 2.19. The normalized spacial score (nSPS) is 12.2. The molecule has 9 heteroatoms. The molecule has 0 saturated carbocycles. The third-order valence-corrected chi connectivity index (χ3v) is 5.09. The highest BCUT2D eigenvalue weighted by molar-refractivity contribution is 5.80. The summed E-state index contributed by atoms with van der Waals surface area (Å²) in [5.74, 6) is 1.04. The maximum Gasteiger partial charge on any atom is 0.297 e. The van der Waals surface area contributed by atoms with E-state index in [-0.39, 0.29) is 29.7 Å². The summed E-state index contributed by atoms with van der Waals surface area (Å²) in [5.41, 5.74) is 1.81. The van der Waals surface area contributed by atoms with Crippen LogP contribution in [0, 0.1) is 6.92 Å². The van der Waals surface area contributed by atoms with Gasteiger partial charge in [-0.1, -0.05) is 19.1 Å². The van der Waals surface area contributed by atoms with Gasteiger partial charge in [0.05, 0.1) is 18.7 Å². The Bertz CT molecular complexity index is 1280. The second-order valence-electron chi connectivity index (χ2n) is 6.95. The fourth-order valence-corrected chi connectivity index (χ4v) is 3.55. The van der Waals surface area contributed by atoms with Crippen LogP contribution >= 0.6 is 0 Å². The van der Waals surface area contributed by atoms with Crippen molar-refractivity contribution < 1.29 is 9.53 Å². The number of pyridine rings is 1. The number of fused-ring (bicyclic) bond motifs is 3. The molecule has 1 amide bonds. The molecule has 0 aliphatic rings. The largest absolute Gasteiger partial charge is 0.497 e. The standard InChI is InChI=1S/C21H22N6O3/c1-4-16(14-7-9-15(30-3)10-8-14)23-18(28)12-26-17-6-5-11-22-19(17)27-13(2)24-25-20(27)21(26)29/h5-11,16H,4,12H2,1-3H3,(H,23,28)/t16-/m0/s1. The maximum atomic E-state index is 13.0. The summed E-state index contributed by atoms with van der Waals surface area (Å²) in [6, 6.07) is 10.9. The van der Waals surface area contributed by atoms with Crippen LogP contribution in [-0.4, -0.2) is 37.2 Å². The lowest BCUT2D eigenvalue weighted by molar-refractivity contribution is -0.122. The summed E-state index contributed by atoms with van der Waals surface area (Å²) in [4.78, 5) is 30.2. The molecule has 4 rings (SSSR count). The molecule has 1 aromatic carbocycles. The van der Waals surface area contributed by atoms with Crippen LogP contribution in [0.15, 0.2) is 47.4 Å². The quantitative estimate of drug-likeness (QED) is 0.525. The Balaban J connectivity index is 1.66. The van der Waals surface area contributed by atoms with Crippen molar-refractivity contribution in [1.29, 1.82) is 0 Å². The highest BCUT2D eigenvalue weighted by atomic mass is 16.5. The summed E-state index contributed by atoms with van der Waals surface area (Å²) in [7, 11) is 1.61. The van der Waals surface area contributed by atoms with Gasteiger partial charge in [0.25, 0.3) is 5.56 Å². The number of rotatable bonds is 6. The van der Waals surface area contributed by atoms with Crippen LogP contribution in [0.4, 0.5) is 0 Å². The molecule has 0 radical (unpaired) electrons. The van der Waals surface area contributed by atoms with Gasteiger partial charge in [0.15, 0.2) is 5.65 Å². The van der Waals surface area contributed by atoms with Crippen molar-refractivity contribution in [3.8, 4) is 5.75 Å². The minimum Gasteiger partial charge on any atom is -0.497 e. The van der Waals surface area contributed by atoms with Crippen LogP contribution in [0.1, 0.15) is 30.8 Å². The third kappa shape index (κ3) is 3.38. The topological polar surface area (TPSA) is 103 Å². The predicted octanol–water partition coefficient (Wildman–Crippen LogP) is 2.02.